The Labute approximate surface area is 167 Å². The lowest BCUT2D eigenvalue weighted by Gasteiger charge is -2.43. The molecule has 2 fully saturated rings. The highest BCUT2D eigenvalue weighted by Crippen LogP contribution is 2.38. The van der Waals surface area contributed by atoms with Crippen LogP contribution in [0.15, 0.2) is 18.3 Å². The third-order valence-corrected chi connectivity index (χ3v) is 7.02. The van der Waals surface area contributed by atoms with Crippen molar-refractivity contribution in [3.8, 4) is 5.75 Å². The minimum atomic E-state index is -0.613. The molecule has 2 aliphatic rings. The molecular weight excluding hydrogens is 352 g/mol. The van der Waals surface area contributed by atoms with Gasteiger partial charge in [-0.05, 0) is 75.6 Å². The summed E-state index contributed by atoms with van der Waals surface area (Å²) in [5.41, 5.74) is 3.68. The number of nitrogens with zero attached hydrogens (tertiary/aromatic N) is 1. The van der Waals surface area contributed by atoms with Gasteiger partial charge >= 0.3 is 5.97 Å². The van der Waals surface area contributed by atoms with Gasteiger partial charge in [-0.25, -0.2) is 0 Å². The average molecular weight is 385 g/mol. The molecule has 0 unspecified atom stereocenters. The van der Waals surface area contributed by atoms with Crippen molar-refractivity contribution in [1.82, 2.24) is 9.88 Å². The molecule has 1 saturated heterocycles. The van der Waals surface area contributed by atoms with Gasteiger partial charge in [-0.15, -0.1) is 0 Å². The number of methoxy groups -OCH3 is 1. The fraction of sp³-hybridized carbons (Fsp3) is 0.609. The smallest absolute Gasteiger partial charge is 0.306 e. The van der Waals surface area contributed by atoms with E-state index in [4.69, 9.17) is 4.74 Å². The van der Waals surface area contributed by atoms with E-state index < -0.39 is 5.97 Å². The van der Waals surface area contributed by atoms with Crippen LogP contribution in [-0.2, 0) is 11.3 Å². The van der Waals surface area contributed by atoms with Crippen molar-refractivity contribution in [1.29, 1.82) is 0 Å². The van der Waals surface area contributed by atoms with Crippen LogP contribution in [0.5, 0.6) is 5.75 Å². The quantitative estimate of drug-likeness (QED) is 0.782. The first kappa shape index (κ1) is 19.3. The number of fused-ring (bicyclic) bond motifs is 1. The second-order valence-corrected chi connectivity index (χ2v) is 8.62. The number of hydrogen-bond donors (Lipinski definition) is 2. The molecular formula is C23H32N2O3. The maximum Gasteiger partial charge on any atom is 0.306 e. The van der Waals surface area contributed by atoms with E-state index in [-0.39, 0.29) is 5.92 Å². The van der Waals surface area contributed by atoms with E-state index in [1.54, 1.807) is 7.11 Å². The second kappa shape index (κ2) is 8.16. The van der Waals surface area contributed by atoms with Gasteiger partial charge in [0.25, 0.3) is 0 Å². The lowest BCUT2D eigenvalue weighted by atomic mass is 9.76. The van der Waals surface area contributed by atoms with Gasteiger partial charge in [0.05, 0.1) is 13.0 Å². The zero-order chi connectivity index (χ0) is 19.7. The number of aromatic nitrogens is 1. The van der Waals surface area contributed by atoms with Gasteiger partial charge in [-0.1, -0.05) is 6.42 Å². The first-order chi connectivity index (χ1) is 13.6. The van der Waals surface area contributed by atoms with Gasteiger partial charge in [0.1, 0.15) is 5.75 Å². The number of carboxylic acids is 1. The van der Waals surface area contributed by atoms with Crippen LogP contribution >= 0.6 is 0 Å². The minimum absolute atomic E-state index is 0.134. The standard InChI is InChI=1S/C23H32N2O3/c1-15-13-21(28-2)19(18-10-11-24-22(15)18)14-25-12-4-3-5-20(25)16-6-8-17(9-7-16)23(26)27/h10-11,13,16-17,20,24H,3-9,12,14H2,1-2H3,(H,26,27)/t16?,17?,20-/m0/s1. The molecule has 0 amide bonds. The number of piperidine rings is 1. The van der Waals surface area contributed by atoms with Crippen LogP contribution in [0.4, 0.5) is 0 Å². The first-order valence-electron chi connectivity index (χ1n) is 10.7. The highest BCUT2D eigenvalue weighted by atomic mass is 16.5. The van der Waals surface area contributed by atoms with Crippen LogP contribution in [0.3, 0.4) is 0 Å². The Morgan fingerprint density at radius 3 is 2.75 bits per heavy atom. The second-order valence-electron chi connectivity index (χ2n) is 8.62. The van der Waals surface area contributed by atoms with E-state index in [1.807, 2.05) is 6.20 Å². The van der Waals surface area contributed by atoms with Gasteiger partial charge < -0.3 is 14.8 Å². The summed E-state index contributed by atoms with van der Waals surface area (Å²) >= 11 is 0. The fourth-order valence-corrected chi connectivity index (χ4v) is 5.48. The molecule has 28 heavy (non-hydrogen) atoms. The molecule has 1 aromatic carbocycles. The van der Waals surface area contributed by atoms with E-state index in [2.05, 4.69) is 28.9 Å². The number of aromatic amines is 1. The van der Waals surface area contributed by atoms with E-state index >= 15 is 0 Å². The van der Waals surface area contributed by atoms with Crippen LogP contribution in [0.25, 0.3) is 10.9 Å². The Morgan fingerprint density at radius 2 is 2.04 bits per heavy atom. The Bertz CT molecular complexity index is 836. The van der Waals surface area contributed by atoms with Crippen LogP contribution in [0, 0.1) is 18.8 Å². The number of nitrogens with one attached hydrogen (secondary N) is 1. The van der Waals surface area contributed by atoms with Crippen molar-refractivity contribution < 1.29 is 14.6 Å². The van der Waals surface area contributed by atoms with E-state index in [0.29, 0.717) is 12.0 Å². The number of carboxylic acid groups (broad SMARTS) is 1. The van der Waals surface area contributed by atoms with E-state index in [9.17, 15) is 9.90 Å². The van der Waals surface area contributed by atoms with Crippen molar-refractivity contribution in [3.63, 3.8) is 0 Å². The molecule has 1 saturated carbocycles. The lowest BCUT2D eigenvalue weighted by Crippen LogP contribution is -2.45. The minimum Gasteiger partial charge on any atom is -0.496 e. The van der Waals surface area contributed by atoms with Crippen molar-refractivity contribution in [3.05, 3.63) is 29.5 Å². The molecule has 1 aromatic heterocycles. The molecule has 2 heterocycles. The monoisotopic (exact) mass is 384 g/mol. The van der Waals surface area contributed by atoms with Crippen LogP contribution in [-0.4, -0.2) is 40.7 Å². The summed E-state index contributed by atoms with van der Waals surface area (Å²) in [6, 6.07) is 4.87. The number of H-pyrrole nitrogens is 1. The van der Waals surface area contributed by atoms with Crippen molar-refractivity contribution in [2.45, 2.75) is 64.5 Å². The summed E-state index contributed by atoms with van der Waals surface area (Å²) in [4.78, 5) is 17.3. The van der Waals surface area contributed by atoms with Gasteiger partial charge in [0, 0.05) is 35.2 Å². The van der Waals surface area contributed by atoms with Gasteiger partial charge in [0.2, 0.25) is 0 Å². The maximum absolute atomic E-state index is 11.3. The number of ether oxygens (including phenoxy) is 1. The predicted octanol–water partition coefficient (Wildman–Crippen LogP) is 4.73. The SMILES string of the molecule is COc1cc(C)c2[nH]ccc2c1CN1CCCC[C@H]1C1CCC(C(=O)O)CC1. The van der Waals surface area contributed by atoms with Crippen LogP contribution in [0.2, 0.25) is 0 Å². The molecule has 4 rings (SSSR count). The Kier molecular flexibility index (Phi) is 5.63. The summed E-state index contributed by atoms with van der Waals surface area (Å²) in [6.45, 7) is 4.14. The summed E-state index contributed by atoms with van der Waals surface area (Å²) in [5.74, 6) is 0.848. The third kappa shape index (κ3) is 3.64. The summed E-state index contributed by atoms with van der Waals surface area (Å²) in [7, 11) is 1.76. The number of benzene rings is 1. The number of carbonyl (C=O) groups is 1. The van der Waals surface area contributed by atoms with Crippen molar-refractivity contribution in [2.75, 3.05) is 13.7 Å². The lowest BCUT2D eigenvalue weighted by molar-refractivity contribution is -0.143. The number of rotatable bonds is 5. The largest absolute Gasteiger partial charge is 0.496 e. The average Bonchev–Trinajstić information content (AvgIpc) is 3.21. The van der Waals surface area contributed by atoms with Crippen LogP contribution < -0.4 is 4.74 Å². The molecule has 1 atom stereocenters. The number of hydrogen-bond acceptors (Lipinski definition) is 3. The summed E-state index contributed by atoms with van der Waals surface area (Å²) in [5, 5.41) is 10.6. The van der Waals surface area contributed by atoms with Crippen molar-refractivity contribution >= 4 is 16.9 Å². The molecule has 1 aliphatic carbocycles. The fourth-order valence-electron chi connectivity index (χ4n) is 5.48. The predicted molar refractivity (Wildman–Crippen MR) is 111 cm³/mol. The van der Waals surface area contributed by atoms with Crippen LogP contribution in [0.1, 0.15) is 56.1 Å². The van der Waals surface area contributed by atoms with Gasteiger partial charge in [0.15, 0.2) is 0 Å². The Morgan fingerprint density at radius 1 is 1.25 bits per heavy atom. The first-order valence-corrected chi connectivity index (χ1v) is 10.7. The highest BCUT2D eigenvalue weighted by molar-refractivity contribution is 5.88. The summed E-state index contributed by atoms with van der Waals surface area (Å²) in [6.07, 6.45) is 9.52. The maximum atomic E-state index is 11.3. The van der Waals surface area contributed by atoms with Crippen molar-refractivity contribution in [2.24, 2.45) is 11.8 Å². The van der Waals surface area contributed by atoms with Gasteiger partial charge in [-0.3, -0.25) is 9.69 Å². The molecule has 0 radical (unpaired) electrons. The van der Waals surface area contributed by atoms with E-state index in [0.717, 1.165) is 44.5 Å². The Balaban J connectivity index is 1.56. The molecule has 0 bridgehead atoms. The number of aryl methyl sites for hydroxylation is 1. The molecule has 1 aliphatic heterocycles. The molecule has 5 nitrogen and oxygen atoms in total. The topological polar surface area (TPSA) is 65.6 Å². The number of likely N-dealkylation sites (tertiary alicyclic amines) is 1. The molecule has 2 N–H and O–H groups in total. The third-order valence-electron chi connectivity index (χ3n) is 7.02. The highest BCUT2D eigenvalue weighted by Gasteiger charge is 2.35. The zero-order valence-electron chi connectivity index (χ0n) is 17.0. The summed E-state index contributed by atoms with van der Waals surface area (Å²) < 4.78 is 5.76. The molecule has 152 valence electrons. The Hall–Kier alpha value is -2.01. The number of aliphatic carboxylic acids is 1. The normalized spacial score (nSPS) is 26.4. The van der Waals surface area contributed by atoms with E-state index in [1.165, 1.54) is 41.3 Å². The molecule has 0 spiro atoms. The molecule has 5 heteroatoms. The van der Waals surface area contributed by atoms with Gasteiger partial charge in [-0.2, -0.15) is 0 Å². The molecule has 2 aromatic rings. The zero-order valence-corrected chi connectivity index (χ0v) is 17.0.